The Morgan fingerprint density at radius 1 is 0.840 bits per heavy atom. The van der Waals surface area contributed by atoms with Gasteiger partial charge in [0.2, 0.25) is 0 Å². The van der Waals surface area contributed by atoms with Crippen molar-refractivity contribution in [2.75, 3.05) is 0 Å². The molecule has 1 atom stereocenters. The molecule has 0 spiro atoms. The number of carbonyl (C=O) groups is 1. The predicted octanol–water partition coefficient (Wildman–Crippen LogP) is 4.11. The molecule has 3 heteroatoms. The van der Waals surface area contributed by atoms with Gasteiger partial charge in [0, 0.05) is 6.42 Å². The SMILES string of the molecule is O=C(Cc1cccc(OCc2ccccc2)c1)C(O)c1ccccc1. The van der Waals surface area contributed by atoms with Crippen LogP contribution in [0.25, 0.3) is 0 Å². The first-order valence-electron chi connectivity index (χ1n) is 8.24. The quantitative estimate of drug-likeness (QED) is 0.708. The van der Waals surface area contributed by atoms with Gasteiger partial charge in [0.15, 0.2) is 5.78 Å². The van der Waals surface area contributed by atoms with Crippen molar-refractivity contribution in [2.45, 2.75) is 19.1 Å². The maximum atomic E-state index is 12.3. The van der Waals surface area contributed by atoms with Crippen molar-refractivity contribution in [1.29, 1.82) is 0 Å². The van der Waals surface area contributed by atoms with Gasteiger partial charge in [0.25, 0.3) is 0 Å². The third-order valence-corrected chi connectivity index (χ3v) is 3.95. The lowest BCUT2D eigenvalue weighted by atomic mass is 10.00. The van der Waals surface area contributed by atoms with Crippen LogP contribution in [-0.4, -0.2) is 10.9 Å². The molecular weight excluding hydrogens is 312 g/mol. The molecule has 0 aliphatic carbocycles. The normalized spacial score (nSPS) is 11.7. The maximum Gasteiger partial charge on any atom is 0.170 e. The van der Waals surface area contributed by atoms with Crippen LogP contribution in [-0.2, 0) is 17.8 Å². The average molecular weight is 332 g/mol. The highest BCUT2D eigenvalue weighted by atomic mass is 16.5. The van der Waals surface area contributed by atoms with E-state index in [0.29, 0.717) is 17.9 Å². The monoisotopic (exact) mass is 332 g/mol. The van der Waals surface area contributed by atoms with E-state index in [1.807, 2.05) is 72.8 Å². The largest absolute Gasteiger partial charge is 0.489 e. The van der Waals surface area contributed by atoms with Gasteiger partial charge in [0.1, 0.15) is 18.5 Å². The summed E-state index contributed by atoms with van der Waals surface area (Å²) in [5.41, 5.74) is 2.53. The molecule has 126 valence electrons. The van der Waals surface area contributed by atoms with Crippen molar-refractivity contribution in [2.24, 2.45) is 0 Å². The van der Waals surface area contributed by atoms with Crippen molar-refractivity contribution in [3.8, 4) is 5.75 Å². The van der Waals surface area contributed by atoms with Crippen LogP contribution >= 0.6 is 0 Å². The first-order chi connectivity index (χ1) is 12.2. The minimum atomic E-state index is -1.10. The van der Waals surface area contributed by atoms with Crippen LogP contribution in [0.5, 0.6) is 5.75 Å². The topological polar surface area (TPSA) is 46.5 Å². The van der Waals surface area contributed by atoms with Gasteiger partial charge < -0.3 is 9.84 Å². The van der Waals surface area contributed by atoms with Crippen LogP contribution in [0.4, 0.5) is 0 Å². The lowest BCUT2D eigenvalue weighted by Gasteiger charge is -2.11. The second-order valence-electron chi connectivity index (χ2n) is 5.88. The molecule has 1 unspecified atom stereocenters. The van der Waals surface area contributed by atoms with Crippen LogP contribution < -0.4 is 4.74 Å². The zero-order valence-corrected chi connectivity index (χ0v) is 13.8. The molecule has 0 saturated heterocycles. The molecule has 0 amide bonds. The Morgan fingerprint density at radius 2 is 1.48 bits per heavy atom. The summed E-state index contributed by atoms with van der Waals surface area (Å²) in [7, 11) is 0. The summed E-state index contributed by atoms with van der Waals surface area (Å²) in [4.78, 5) is 12.3. The van der Waals surface area contributed by atoms with Gasteiger partial charge in [-0.2, -0.15) is 0 Å². The van der Waals surface area contributed by atoms with E-state index < -0.39 is 6.10 Å². The fourth-order valence-electron chi connectivity index (χ4n) is 2.61. The van der Waals surface area contributed by atoms with Crippen molar-refractivity contribution in [3.63, 3.8) is 0 Å². The Bertz CT molecular complexity index is 813. The molecule has 0 aliphatic rings. The number of hydrogen-bond donors (Lipinski definition) is 1. The first kappa shape index (κ1) is 16.9. The third-order valence-electron chi connectivity index (χ3n) is 3.95. The lowest BCUT2D eigenvalue weighted by molar-refractivity contribution is -0.126. The molecule has 0 fully saturated rings. The molecule has 25 heavy (non-hydrogen) atoms. The van der Waals surface area contributed by atoms with E-state index >= 15 is 0 Å². The van der Waals surface area contributed by atoms with Crippen LogP contribution in [0.2, 0.25) is 0 Å². The van der Waals surface area contributed by atoms with Crippen LogP contribution in [0.15, 0.2) is 84.9 Å². The van der Waals surface area contributed by atoms with Gasteiger partial charge in [-0.3, -0.25) is 4.79 Å². The Kier molecular flexibility index (Phi) is 5.60. The Hall–Kier alpha value is -2.91. The summed E-state index contributed by atoms with van der Waals surface area (Å²) in [6, 6.07) is 26.3. The first-order valence-corrected chi connectivity index (χ1v) is 8.24. The smallest absolute Gasteiger partial charge is 0.170 e. The van der Waals surface area contributed by atoms with E-state index in [1.165, 1.54) is 0 Å². The predicted molar refractivity (Wildman–Crippen MR) is 97.3 cm³/mol. The summed E-state index contributed by atoms with van der Waals surface area (Å²) in [6.45, 7) is 0.477. The fourth-order valence-corrected chi connectivity index (χ4v) is 2.61. The molecule has 1 N–H and O–H groups in total. The maximum absolute atomic E-state index is 12.3. The number of aliphatic hydroxyl groups is 1. The number of ketones is 1. The van der Waals surface area contributed by atoms with Crippen molar-refractivity contribution >= 4 is 5.78 Å². The minimum absolute atomic E-state index is 0.165. The second kappa shape index (κ2) is 8.27. The zero-order valence-electron chi connectivity index (χ0n) is 13.8. The van der Waals surface area contributed by atoms with Gasteiger partial charge in [-0.15, -0.1) is 0 Å². The summed E-state index contributed by atoms with van der Waals surface area (Å²) in [5.74, 6) is 0.481. The van der Waals surface area contributed by atoms with E-state index in [-0.39, 0.29) is 12.2 Å². The van der Waals surface area contributed by atoms with Gasteiger partial charge in [-0.05, 0) is 28.8 Å². The third kappa shape index (κ3) is 4.78. The van der Waals surface area contributed by atoms with Crippen LogP contribution in [0.1, 0.15) is 22.8 Å². The Balaban J connectivity index is 1.62. The minimum Gasteiger partial charge on any atom is -0.489 e. The molecular formula is C22H20O3. The molecule has 3 nitrogen and oxygen atoms in total. The van der Waals surface area contributed by atoms with Crippen LogP contribution in [0.3, 0.4) is 0 Å². The fraction of sp³-hybridized carbons (Fsp3) is 0.136. The highest BCUT2D eigenvalue weighted by Crippen LogP contribution is 2.19. The van der Waals surface area contributed by atoms with E-state index in [0.717, 1.165) is 11.1 Å². The number of carbonyl (C=O) groups excluding carboxylic acids is 1. The molecule has 0 saturated carbocycles. The van der Waals surface area contributed by atoms with Gasteiger partial charge in [-0.1, -0.05) is 72.8 Å². The highest BCUT2D eigenvalue weighted by Gasteiger charge is 2.17. The van der Waals surface area contributed by atoms with E-state index in [4.69, 9.17) is 4.74 Å². The lowest BCUT2D eigenvalue weighted by Crippen LogP contribution is -2.14. The molecule has 3 rings (SSSR count). The second-order valence-corrected chi connectivity index (χ2v) is 5.88. The highest BCUT2D eigenvalue weighted by molar-refractivity contribution is 5.86. The number of Topliss-reactive ketones (excluding diaryl/α,β-unsaturated/α-hetero) is 1. The average Bonchev–Trinajstić information content (AvgIpc) is 2.67. The van der Waals surface area contributed by atoms with Gasteiger partial charge >= 0.3 is 0 Å². The van der Waals surface area contributed by atoms with Crippen molar-refractivity contribution in [3.05, 3.63) is 102 Å². The van der Waals surface area contributed by atoms with Gasteiger partial charge in [-0.25, -0.2) is 0 Å². The molecule has 0 heterocycles. The molecule has 0 aliphatic heterocycles. The summed E-state index contributed by atoms with van der Waals surface area (Å²) < 4.78 is 5.79. The van der Waals surface area contributed by atoms with Crippen molar-refractivity contribution < 1.29 is 14.6 Å². The van der Waals surface area contributed by atoms with Crippen molar-refractivity contribution in [1.82, 2.24) is 0 Å². The molecule has 3 aromatic rings. The van der Waals surface area contributed by atoms with E-state index in [1.54, 1.807) is 12.1 Å². The number of aliphatic hydroxyl groups excluding tert-OH is 1. The molecule has 0 aromatic heterocycles. The van der Waals surface area contributed by atoms with Gasteiger partial charge in [0.05, 0.1) is 0 Å². The summed E-state index contributed by atoms with van der Waals surface area (Å²) in [5, 5.41) is 10.2. The Morgan fingerprint density at radius 3 is 2.20 bits per heavy atom. The zero-order chi connectivity index (χ0) is 17.5. The Labute approximate surface area is 147 Å². The number of benzene rings is 3. The number of rotatable bonds is 7. The number of hydrogen-bond acceptors (Lipinski definition) is 3. The standard InChI is InChI=1S/C22H20O3/c23-21(22(24)19-11-5-2-6-12-19)15-18-10-7-13-20(14-18)25-16-17-8-3-1-4-9-17/h1-14,22,24H,15-16H2. The van der Waals surface area contributed by atoms with E-state index in [2.05, 4.69) is 0 Å². The molecule has 3 aromatic carbocycles. The molecule has 0 radical (unpaired) electrons. The van der Waals surface area contributed by atoms with Crippen LogP contribution in [0, 0.1) is 0 Å². The molecule has 0 bridgehead atoms. The summed E-state index contributed by atoms with van der Waals surface area (Å²) >= 11 is 0. The van der Waals surface area contributed by atoms with E-state index in [9.17, 15) is 9.90 Å². The summed E-state index contributed by atoms with van der Waals surface area (Å²) in [6.07, 6.45) is -0.936. The number of ether oxygens (including phenoxy) is 1.